The molecule has 0 saturated carbocycles. The molecule has 1 N–H and O–H groups in total. The summed E-state index contributed by atoms with van der Waals surface area (Å²) in [5, 5.41) is 11.3. The van der Waals surface area contributed by atoms with Crippen molar-refractivity contribution < 1.29 is 5.11 Å². The van der Waals surface area contributed by atoms with E-state index >= 15 is 0 Å². The molecule has 0 unspecified atom stereocenters. The number of phenolic OH excluding ortho intramolecular Hbond substituents is 1. The van der Waals surface area contributed by atoms with Gasteiger partial charge in [-0.05, 0) is 74.4 Å². The van der Waals surface area contributed by atoms with Crippen LogP contribution in [0.15, 0.2) is 48.7 Å². The number of piperidine rings is 1. The van der Waals surface area contributed by atoms with E-state index in [9.17, 15) is 5.11 Å². The highest BCUT2D eigenvalue weighted by Crippen LogP contribution is 2.34. The zero-order chi connectivity index (χ0) is 21.4. The Balaban J connectivity index is 1.38. The van der Waals surface area contributed by atoms with Gasteiger partial charge in [-0.25, -0.2) is 0 Å². The van der Waals surface area contributed by atoms with Crippen molar-refractivity contribution in [2.45, 2.75) is 18.9 Å². The highest BCUT2D eigenvalue weighted by molar-refractivity contribution is 6.32. The number of benzene rings is 2. The van der Waals surface area contributed by atoms with Crippen LogP contribution in [0.2, 0.25) is 5.02 Å². The number of piperazine rings is 1. The van der Waals surface area contributed by atoms with Crippen LogP contribution in [0.25, 0.3) is 22.0 Å². The summed E-state index contributed by atoms with van der Waals surface area (Å²) in [4.78, 5) is 12.2. The van der Waals surface area contributed by atoms with E-state index in [1.807, 2.05) is 18.3 Å². The molecule has 1 aromatic heterocycles. The van der Waals surface area contributed by atoms with Crippen LogP contribution in [-0.4, -0.2) is 72.2 Å². The predicted octanol–water partition coefficient (Wildman–Crippen LogP) is 4.48. The van der Waals surface area contributed by atoms with E-state index < -0.39 is 0 Å². The molecule has 3 aromatic rings. The summed E-state index contributed by atoms with van der Waals surface area (Å²) in [6, 6.07) is 14.6. The molecule has 3 heterocycles. The number of likely N-dealkylation sites (tertiary alicyclic amines) is 1. The van der Waals surface area contributed by atoms with Gasteiger partial charge in [0, 0.05) is 49.5 Å². The van der Waals surface area contributed by atoms with Gasteiger partial charge in [0.25, 0.3) is 0 Å². The van der Waals surface area contributed by atoms with Crippen LogP contribution in [0.4, 0.5) is 5.69 Å². The number of aromatic hydroxyl groups is 1. The lowest BCUT2D eigenvalue weighted by Crippen LogP contribution is -2.53. The van der Waals surface area contributed by atoms with Crippen molar-refractivity contribution in [3.8, 4) is 16.9 Å². The Kier molecular flexibility index (Phi) is 5.74. The second kappa shape index (κ2) is 8.65. The minimum absolute atomic E-state index is 0.107. The number of aromatic nitrogens is 1. The van der Waals surface area contributed by atoms with Gasteiger partial charge in [0.1, 0.15) is 5.75 Å². The minimum Gasteiger partial charge on any atom is -0.506 e. The molecule has 2 saturated heterocycles. The maximum absolute atomic E-state index is 9.75. The van der Waals surface area contributed by atoms with Gasteiger partial charge in [0.05, 0.1) is 10.5 Å². The Morgan fingerprint density at radius 3 is 2.35 bits per heavy atom. The molecule has 162 valence electrons. The monoisotopic (exact) mass is 436 g/mol. The molecule has 0 aliphatic carbocycles. The standard InChI is InChI=1S/C25H29ClN4O/c1-28-10-7-20(8-11-28)29-12-14-30(15-13-29)24-6-9-27-23-4-2-18(16-21(23)24)19-3-5-25(31)22(26)17-19/h2-6,9,16-17,20,31H,7-8,10-15H2,1H3. The molecule has 6 heteroatoms. The smallest absolute Gasteiger partial charge is 0.134 e. The van der Waals surface area contributed by atoms with Gasteiger partial charge in [-0.3, -0.25) is 9.88 Å². The maximum Gasteiger partial charge on any atom is 0.134 e. The molecule has 31 heavy (non-hydrogen) atoms. The summed E-state index contributed by atoms with van der Waals surface area (Å²) in [5.41, 5.74) is 4.32. The van der Waals surface area contributed by atoms with E-state index in [4.69, 9.17) is 11.6 Å². The number of rotatable bonds is 3. The lowest BCUT2D eigenvalue weighted by Gasteiger charge is -2.43. The Morgan fingerprint density at radius 1 is 0.903 bits per heavy atom. The average Bonchev–Trinajstić information content (AvgIpc) is 2.81. The van der Waals surface area contributed by atoms with Crippen LogP contribution < -0.4 is 4.90 Å². The molecule has 0 amide bonds. The zero-order valence-electron chi connectivity index (χ0n) is 18.0. The average molecular weight is 437 g/mol. The molecular weight excluding hydrogens is 408 g/mol. The van der Waals surface area contributed by atoms with Crippen LogP contribution in [0.3, 0.4) is 0 Å². The third-order valence-corrected chi connectivity index (χ3v) is 7.16. The normalized spacial score (nSPS) is 19.2. The third kappa shape index (κ3) is 4.22. The number of nitrogens with zero attached hydrogens (tertiary/aromatic N) is 4. The number of pyridine rings is 1. The highest BCUT2D eigenvalue weighted by Gasteiger charge is 2.27. The van der Waals surface area contributed by atoms with Gasteiger partial charge in [-0.15, -0.1) is 0 Å². The number of hydrogen-bond donors (Lipinski definition) is 1. The number of phenols is 1. The second-order valence-electron chi connectivity index (χ2n) is 8.79. The Morgan fingerprint density at radius 2 is 1.61 bits per heavy atom. The van der Waals surface area contributed by atoms with E-state index in [0.29, 0.717) is 5.02 Å². The molecule has 5 rings (SSSR count). The minimum atomic E-state index is 0.107. The van der Waals surface area contributed by atoms with E-state index in [2.05, 4.69) is 51.0 Å². The third-order valence-electron chi connectivity index (χ3n) is 6.86. The Bertz CT molecular complexity index is 1070. The Hall–Kier alpha value is -2.34. The Labute approximate surface area is 188 Å². The largest absolute Gasteiger partial charge is 0.506 e. The van der Waals surface area contributed by atoms with Gasteiger partial charge in [0.15, 0.2) is 0 Å². The van der Waals surface area contributed by atoms with Crippen molar-refractivity contribution >= 4 is 28.2 Å². The molecule has 0 spiro atoms. The van der Waals surface area contributed by atoms with E-state index in [0.717, 1.165) is 54.3 Å². The molecule has 2 aromatic carbocycles. The molecule has 2 aliphatic rings. The van der Waals surface area contributed by atoms with Crippen LogP contribution in [0.5, 0.6) is 5.75 Å². The predicted molar refractivity (Wildman–Crippen MR) is 128 cm³/mol. The van der Waals surface area contributed by atoms with Crippen molar-refractivity contribution in [1.29, 1.82) is 0 Å². The molecular formula is C25H29ClN4O. The summed E-state index contributed by atoms with van der Waals surface area (Å²) in [6.07, 6.45) is 4.48. The van der Waals surface area contributed by atoms with Crippen molar-refractivity contribution in [2.24, 2.45) is 0 Å². The van der Waals surface area contributed by atoms with Crippen LogP contribution in [-0.2, 0) is 0 Å². The zero-order valence-corrected chi connectivity index (χ0v) is 18.7. The fraction of sp³-hybridized carbons (Fsp3) is 0.400. The summed E-state index contributed by atoms with van der Waals surface area (Å²) in [6.45, 7) is 6.74. The van der Waals surface area contributed by atoms with Gasteiger partial charge >= 0.3 is 0 Å². The maximum atomic E-state index is 9.75. The molecule has 0 bridgehead atoms. The van der Waals surface area contributed by atoms with Gasteiger partial charge in [-0.2, -0.15) is 0 Å². The van der Waals surface area contributed by atoms with E-state index in [1.54, 1.807) is 6.07 Å². The second-order valence-corrected chi connectivity index (χ2v) is 9.19. The molecule has 2 aliphatic heterocycles. The van der Waals surface area contributed by atoms with Gasteiger partial charge in [-0.1, -0.05) is 23.7 Å². The summed E-state index contributed by atoms with van der Waals surface area (Å²) in [5.74, 6) is 0.107. The van der Waals surface area contributed by atoms with E-state index in [-0.39, 0.29) is 5.75 Å². The van der Waals surface area contributed by atoms with Crippen molar-refractivity contribution in [2.75, 3.05) is 51.2 Å². The first kappa shape index (κ1) is 20.6. The summed E-state index contributed by atoms with van der Waals surface area (Å²) in [7, 11) is 2.23. The van der Waals surface area contributed by atoms with Crippen molar-refractivity contribution in [1.82, 2.24) is 14.8 Å². The molecule has 2 fully saturated rings. The fourth-order valence-corrected chi connectivity index (χ4v) is 5.14. The summed E-state index contributed by atoms with van der Waals surface area (Å²) >= 11 is 6.14. The lowest BCUT2D eigenvalue weighted by atomic mass is 10.0. The first-order valence-corrected chi connectivity index (χ1v) is 11.5. The van der Waals surface area contributed by atoms with E-state index in [1.165, 1.54) is 31.6 Å². The molecule has 0 radical (unpaired) electrons. The first-order valence-electron chi connectivity index (χ1n) is 11.1. The van der Waals surface area contributed by atoms with Crippen LogP contribution >= 0.6 is 11.6 Å². The van der Waals surface area contributed by atoms with Gasteiger partial charge < -0.3 is 14.9 Å². The lowest BCUT2D eigenvalue weighted by molar-refractivity contribution is 0.115. The highest BCUT2D eigenvalue weighted by atomic mass is 35.5. The quantitative estimate of drug-likeness (QED) is 0.655. The number of anilines is 1. The van der Waals surface area contributed by atoms with Crippen molar-refractivity contribution in [3.05, 3.63) is 53.7 Å². The SMILES string of the molecule is CN1CCC(N2CCN(c3ccnc4ccc(-c5ccc(O)c(Cl)c5)cc34)CC2)CC1. The molecule has 5 nitrogen and oxygen atoms in total. The van der Waals surface area contributed by atoms with Gasteiger partial charge in [0.2, 0.25) is 0 Å². The number of fused-ring (bicyclic) bond motifs is 1. The summed E-state index contributed by atoms with van der Waals surface area (Å²) < 4.78 is 0. The van der Waals surface area contributed by atoms with Crippen molar-refractivity contribution in [3.63, 3.8) is 0 Å². The first-order chi connectivity index (χ1) is 15.1. The fourth-order valence-electron chi connectivity index (χ4n) is 4.96. The number of hydrogen-bond acceptors (Lipinski definition) is 5. The van der Waals surface area contributed by atoms with Crippen LogP contribution in [0.1, 0.15) is 12.8 Å². The topological polar surface area (TPSA) is 42.8 Å². The number of halogens is 1. The van der Waals surface area contributed by atoms with Crippen LogP contribution in [0, 0.1) is 0 Å². The molecule has 0 atom stereocenters.